The molecule has 2 aromatic rings. The van der Waals surface area contributed by atoms with Gasteiger partial charge in [0.1, 0.15) is 11.9 Å². The van der Waals surface area contributed by atoms with Crippen LogP contribution in [-0.2, 0) is 0 Å². The van der Waals surface area contributed by atoms with Crippen LogP contribution in [-0.4, -0.2) is 17.6 Å². The van der Waals surface area contributed by atoms with Crippen LogP contribution in [0.25, 0.3) is 11.1 Å². The van der Waals surface area contributed by atoms with Gasteiger partial charge >= 0.3 is 0 Å². The molecule has 2 atom stereocenters. The first-order valence-electron chi connectivity index (χ1n) is 7.74. The molecular formula is C18H22N2O. The molecule has 0 saturated heterocycles. The van der Waals surface area contributed by atoms with Gasteiger partial charge in [0, 0.05) is 18.3 Å². The average Bonchev–Trinajstić information content (AvgIpc) is 2.56. The van der Waals surface area contributed by atoms with E-state index in [-0.39, 0.29) is 6.10 Å². The van der Waals surface area contributed by atoms with Gasteiger partial charge in [-0.15, -0.1) is 0 Å². The van der Waals surface area contributed by atoms with Crippen LogP contribution >= 0.6 is 0 Å². The van der Waals surface area contributed by atoms with E-state index in [1.807, 2.05) is 36.7 Å². The van der Waals surface area contributed by atoms with E-state index < -0.39 is 0 Å². The molecule has 110 valence electrons. The summed E-state index contributed by atoms with van der Waals surface area (Å²) in [6, 6.07) is 12.3. The molecule has 0 radical (unpaired) electrons. The third-order valence-electron chi connectivity index (χ3n) is 4.28. The fourth-order valence-electron chi connectivity index (χ4n) is 3.07. The van der Waals surface area contributed by atoms with Gasteiger partial charge < -0.3 is 10.5 Å². The van der Waals surface area contributed by atoms with Crippen LogP contribution in [0.5, 0.6) is 5.75 Å². The Morgan fingerprint density at radius 3 is 2.67 bits per heavy atom. The minimum atomic E-state index is 0.261. The maximum absolute atomic E-state index is 6.23. The molecule has 3 nitrogen and oxygen atoms in total. The molecule has 21 heavy (non-hydrogen) atoms. The predicted octanol–water partition coefficient (Wildman–Crippen LogP) is 3.64. The van der Waals surface area contributed by atoms with Crippen molar-refractivity contribution in [1.29, 1.82) is 0 Å². The van der Waals surface area contributed by atoms with Crippen molar-refractivity contribution in [1.82, 2.24) is 4.98 Å². The summed E-state index contributed by atoms with van der Waals surface area (Å²) in [5.74, 6) is 1.43. The molecule has 1 heterocycles. The summed E-state index contributed by atoms with van der Waals surface area (Å²) in [5, 5.41) is 0. The number of nitrogens with two attached hydrogens (primary N) is 1. The standard InChI is InChI=1S/C18H22N2O/c19-13-16-4-1-2-7-18(16)21-17-6-3-5-15(12-17)14-8-10-20-11-9-14/h3,5-6,8-12,16,18H,1-2,4,7,13,19H2. The molecular weight excluding hydrogens is 260 g/mol. The number of rotatable bonds is 4. The minimum Gasteiger partial charge on any atom is -0.490 e. The number of benzene rings is 1. The molecule has 1 aliphatic rings. The number of aromatic nitrogens is 1. The van der Waals surface area contributed by atoms with Crippen LogP contribution < -0.4 is 10.5 Å². The van der Waals surface area contributed by atoms with Crippen molar-refractivity contribution in [2.24, 2.45) is 11.7 Å². The molecule has 1 saturated carbocycles. The summed E-state index contributed by atoms with van der Waals surface area (Å²) in [6.45, 7) is 0.717. The number of hydrogen-bond acceptors (Lipinski definition) is 3. The third-order valence-corrected chi connectivity index (χ3v) is 4.28. The van der Waals surface area contributed by atoms with E-state index in [0.29, 0.717) is 12.5 Å². The first-order chi connectivity index (χ1) is 10.4. The van der Waals surface area contributed by atoms with Crippen molar-refractivity contribution in [2.45, 2.75) is 31.8 Å². The van der Waals surface area contributed by atoms with Gasteiger partial charge in [-0.3, -0.25) is 4.98 Å². The molecule has 0 amide bonds. The van der Waals surface area contributed by atoms with Gasteiger partial charge in [-0.25, -0.2) is 0 Å². The van der Waals surface area contributed by atoms with Crippen molar-refractivity contribution < 1.29 is 4.74 Å². The Morgan fingerprint density at radius 1 is 1.05 bits per heavy atom. The monoisotopic (exact) mass is 282 g/mol. The molecule has 0 spiro atoms. The molecule has 0 aliphatic heterocycles. The van der Waals surface area contributed by atoms with Crippen LogP contribution in [0.2, 0.25) is 0 Å². The number of ether oxygens (including phenoxy) is 1. The zero-order chi connectivity index (χ0) is 14.5. The predicted molar refractivity (Wildman–Crippen MR) is 85.1 cm³/mol. The highest BCUT2D eigenvalue weighted by atomic mass is 16.5. The fraction of sp³-hybridized carbons (Fsp3) is 0.389. The largest absolute Gasteiger partial charge is 0.490 e. The lowest BCUT2D eigenvalue weighted by molar-refractivity contribution is 0.0971. The first-order valence-corrected chi connectivity index (χ1v) is 7.74. The molecule has 0 bridgehead atoms. The van der Waals surface area contributed by atoms with Gasteiger partial charge in [0.05, 0.1) is 0 Å². The Morgan fingerprint density at radius 2 is 1.86 bits per heavy atom. The van der Waals surface area contributed by atoms with E-state index in [9.17, 15) is 0 Å². The normalized spacial score (nSPS) is 22.0. The summed E-state index contributed by atoms with van der Waals surface area (Å²) in [6.07, 6.45) is 8.70. The summed E-state index contributed by atoms with van der Waals surface area (Å²) in [4.78, 5) is 4.06. The molecule has 3 heteroatoms. The maximum atomic E-state index is 6.23. The van der Waals surface area contributed by atoms with Gasteiger partial charge in [-0.1, -0.05) is 18.6 Å². The zero-order valence-electron chi connectivity index (χ0n) is 12.2. The van der Waals surface area contributed by atoms with Crippen LogP contribution in [0.4, 0.5) is 0 Å². The van der Waals surface area contributed by atoms with Crippen molar-refractivity contribution >= 4 is 0 Å². The second-order valence-electron chi connectivity index (χ2n) is 5.70. The lowest BCUT2D eigenvalue weighted by Crippen LogP contribution is -2.35. The first kappa shape index (κ1) is 14.1. The Labute approximate surface area is 126 Å². The van der Waals surface area contributed by atoms with E-state index in [1.165, 1.54) is 19.3 Å². The molecule has 1 aromatic heterocycles. The number of pyridine rings is 1. The smallest absolute Gasteiger partial charge is 0.120 e. The van der Waals surface area contributed by atoms with Gasteiger partial charge in [-0.05, 0) is 61.2 Å². The topological polar surface area (TPSA) is 48.1 Å². The number of hydrogen-bond donors (Lipinski definition) is 1. The Hall–Kier alpha value is -1.87. The van der Waals surface area contributed by atoms with Crippen LogP contribution in [0, 0.1) is 5.92 Å². The highest BCUT2D eigenvalue weighted by Gasteiger charge is 2.25. The van der Waals surface area contributed by atoms with Gasteiger partial charge in [0.2, 0.25) is 0 Å². The highest BCUT2D eigenvalue weighted by molar-refractivity contribution is 5.64. The second-order valence-corrected chi connectivity index (χ2v) is 5.70. The minimum absolute atomic E-state index is 0.261. The molecule has 3 rings (SSSR count). The summed E-state index contributed by atoms with van der Waals surface area (Å²) in [5.41, 5.74) is 8.20. The van der Waals surface area contributed by atoms with Gasteiger partial charge in [0.25, 0.3) is 0 Å². The lowest BCUT2D eigenvalue weighted by atomic mass is 9.86. The van der Waals surface area contributed by atoms with Crippen LogP contribution in [0.3, 0.4) is 0 Å². The van der Waals surface area contributed by atoms with E-state index in [1.54, 1.807) is 0 Å². The van der Waals surface area contributed by atoms with E-state index in [0.717, 1.165) is 23.3 Å². The maximum Gasteiger partial charge on any atom is 0.120 e. The van der Waals surface area contributed by atoms with Gasteiger partial charge in [0.15, 0.2) is 0 Å². The Kier molecular flexibility index (Phi) is 4.51. The average molecular weight is 282 g/mol. The van der Waals surface area contributed by atoms with Crippen LogP contribution in [0.1, 0.15) is 25.7 Å². The quantitative estimate of drug-likeness (QED) is 0.931. The van der Waals surface area contributed by atoms with Gasteiger partial charge in [-0.2, -0.15) is 0 Å². The fourth-order valence-corrected chi connectivity index (χ4v) is 3.07. The van der Waals surface area contributed by atoms with E-state index in [4.69, 9.17) is 10.5 Å². The second kappa shape index (κ2) is 6.72. The summed E-state index contributed by atoms with van der Waals surface area (Å²) < 4.78 is 6.23. The van der Waals surface area contributed by atoms with Crippen molar-refractivity contribution in [2.75, 3.05) is 6.54 Å². The van der Waals surface area contributed by atoms with Crippen LogP contribution in [0.15, 0.2) is 48.8 Å². The van der Waals surface area contributed by atoms with E-state index in [2.05, 4.69) is 17.1 Å². The molecule has 1 aromatic carbocycles. The molecule has 1 aliphatic carbocycles. The summed E-state index contributed by atoms with van der Waals surface area (Å²) in [7, 11) is 0. The third kappa shape index (κ3) is 3.42. The zero-order valence-corrected chi connectivity index (χ0v) is 12.2. The summed E-state index contributed by atoms with van der Waals surface area (Å²) >= 11 is 0. The van der Waals surface area contributed by atoms with Crippen molar-refractivity contribution in [3.05, 3.63) is 48.8 Å². The lowest BCUT2D eigenvalue weighted by Gasteiger charge is -2.31. The number of nitrogens with zero attached hydrogens (tertiary/aromatic N) is 1. The van der Waals surface area contributed by atoms with Crippen molar-refractivity contribution in [3.63, 3.8) is 0 Å². The highest BCUT2D eigenvalue weighted by Crippen LogP contribution is 2.30. The van der Waals surface area contributed by atoms with E-state index >= 15 is 0 Å². The molecule has 2 N–H and O–H groups in total. The SMILES string of the molecule is NCC1CCCCC1Oc1cccc(-c2ccncc2)c1. The Bertz CT molecular complexity index is 570. The molecule has 2 unspecified atom stereocenters. The Balaban J connectivity index is 1.77. The van der Waals surface area contributed by atoms with Crippen molar-refractivity contribution in [3.8, 4) is 16.9 Å². The molecule has 1 fully saturated rings.